The lowest BCUT2D eigenvalue weighted by Gasteiger charge is -2.11. The third kappa shape index (κ3) is 5.39. The third-order valence-electron chi connectivity index (χ3n) is 2.81. The zero-order valence-corrected chi connectivity index (χ0v) is 13.0. The van der Waals surface area contributed by atoms with Gasteiger partial charge in [0.2, 0.25) is 0 Å². The van der Waals surface area contributed by atoms with Crippen LogP contribution in [0.15, 0.2) is 42.5 Å². The molecule has 2 N–H and O–H groups in total. The molecular weight excluding hydrogens is 282 g/mol. The monoisotopic (exact) mass is 301 g/mol. The first-order chi connectivity index (χ1) is 10.1. The second-order valence-corrected chi connectivity index (χ2v) is 5.11. The first-order valence-corrected chi connectivity index (χ1v) is 7.22. The molecule has 21 heavy (non-hydrogen) atoms. The van der Waals surface area contributed by atoms with Crippen molar-refractivity contribution in [1.82, 2.24) is 10.3 Å². The summed E-state index contributed by atoms with van der Waals surface area (Å²) in [6, 6.07) is 13.7. The van der Waals surface area contributed by atoms with Gasteiger partial charge in [-0.05, 0) is 50.3 Å². The molecule has 0 saturated heterocycles. The molecule has 0 saturated carbocycles. The fourth-order valence-corrected chi connectivity index (χ4v) is 1.95. The van der Waals surface area contributed by atoms with Gasteiger partial charge in [0, 0.05) is 5.69 Å². The fourth-order valence-electron chi connectivity index (χ4n) is 1.74. The zero-order valence-electron chi connectivity index (χ0n) is 12.2. The molecule has 1 aromatic heterocycles. The summed E-state index contributed by atoms with van der Waals surface area (Å²) in [5, 5.41) is 6.67. The molecule has 0 atom stereocenters. The van der Waals surface area contributed by atoms with Gasteiger partial charge in [-0.3, -0.25) is 0 Å². The molecule has 5 heteroatoms. The maximum absolute atomic E-state index is 5.62. The zero-order chi connectivity index (χ0) is 15.1. The van der Waals surface area contributed by atoms with Crippen LogP contribution in [0, 0.1) is 13.8 Å². The molecule has 0 fully saturated rings. The van der Waals surface area contributed by atoms with Crippen LogP contribution in [0.3, 0.4) is 0 Å². The number of nitrogens with one attached hydrogen (secondary N) is 2. The number of hydrogen-bond donors (Lipinski definition) is 2. The highest BCUT2D eigenvalue weighted by atomic mass is 32.1. The summed E-state index contributed by atoms with van der Waals surface area (Å²) in [6.07, 6.45) is 0. The summed E-state index contributed by atoms with van der Waals surface area (Å²) in [4.78, 5) is 4.33. The molecule has 2 rings (SSSR count). The Balaban J connectivity index is 1.68. The van der Waals surface area contributed by atoms with Crippen molar-refractivity contribution < 1.29 is 4.74 Å². The molecule has 0 radical (unpaired) electrons. The van der Waals surface area contributed by atoms with Crippen molar-refractivity contribution in [3.8, 4) is 5.75 Å². The lowest BCUT2D eigenvalue weighted by Crippen LogP contribution is -2.32. The molecule has 0 aliphatic heterocycles. The molecule has 2 aromatic rings. The molecule has 1 heterocycles. The molecule has 0 unspecified atom stereocenters. The highest BCUT2D eigenvalue weighted by Crippen LogP contribution is 2.10. The van der Waals surface area contributed by atoms with Gasteiger partial charge in [-0.25, -0.2) is 4.98 Å². The first-order valence-electron chi connectivity index (χ1n) is 6.81. The summed E-state index contributed by atoms with van der Waals surface area (Å²) in [5.74, 6) is 1.61. The number of hydrogen-bond acceptors (Lipinski definition) is 3. The molecule has 1 aromatic carbocycles. The third-order valence-corrected chi connectivity index (χ3v) is 3.05. The smallest absolute Gasteiger partial charge is 0.172 e. The highest BCUT2D eigenvalue weighted by molar-refractivity contribution is 7.80. The summed E-state index contributed by atoms with van der Waals surface area (Å²) in [5.41, 5.74) is 2.17. The normalized spacial score (nSPS) is 10.0. The summed E-state index contributed by atoms with van der Waals surface area (Å²) >= 11 is 5.21. The lowest BCUT2D eigenvalue weighted by molar-refractivity contribution is 0.322. The van der Waals surface area contributed by atoms with Gasteiger partial charge in [0.25, 0.3) is 0 Å². The van der Waals surface area contributed by atoms with E-state index in [9.17, 15) is 0 Å². The topological polar surface area (TPSA) is 46.2 Å². The Morgan fingerprint density at radius 3 is 2.62 bits per heavy atom. The Kier molecular flexibility index (Phi) is 5.51. The molecule has 0 aliphatic rings. The summed E-state index contributed by atoms with van der Waals surface area (Å²) in [6.45, 7) is 5.17. The van der Waals surface area contributed by atoms with E-state index in [0.717, 1.165) is 17.3 Å². The van der Waals surface area contributed by atoms with Gasteiger partial charge >= 0.3 is 0 Å². The minimum absolute atomic E-state index is 0.542. The average molecular weight is 301 g/mol. The van der Waals surface area contributed by atoms with E-state index in [1.165, 1.54) is 5.56 Å². The largest absolute Gasteiger partial charge is 0.492 e. The Labute approximate surface area is 130 Å². The Bertz CT molecular complexity index is 599. The summed E-state index contributed by atoms with van der Waals surface area (Å²) in [7, 11) is 0. The fraction of sp³-hybridized carbons (Fsp3) is 0.250. The highest BCUT2D eigenvalue weighted by Gasteiger charge is 1.99. The van der Waals surface area contributed by atoms with Crippen LogP contribution in [-0.4, -0.2) is 23.2 Å². The number of aromatic nitrogens is 1. The SMILES string of the molecule is Cc1ccc(OCCNC(=S)Nc2cccc(C)n2)cc1. The number of aryl methyl sites for hydroxylation is 2. The Morgan fingerprint density at radius 2 is 1.90 bits per heavy atom. The van der Waals surface area contributed by atoms with Gasteiger partial charge in [-0.2, -0.15) is 0 Å². The van der Waals surface area contributed by atoms with Crippen molar-refractivity contribution in [2.45, 2.75) is 13.8 Å². The van der Waals surface area contributed by atoms with Gasteiger partial charge < -0.3 is 15.4 Å². The van der Waals surface area contributed by atoms with Gasteiger partial charge in [0.15, 0.2) is 5.11 Å². The van der Waals surface area contributed by atoms with Crippen LogP contribution in [-0.2, 0) is 0 Å². The molecule has 0 aliphatic carbocycles. The Hall–Kier alpha value is -2.14. The predicted octanol–water partition coefficient (Wildman–Crippen LogP) is 3.06. The van der Waals surface area contributed by atoms with Crippen molar-refractivity contribution in [3.63, 3.8) is 0 Å². The number of pyridine rings is 1. The van der Waals surface area contributed by atoms with Gasteiger partial charge in [0.05, 0.1) is 6.54 Å². The van der Waals surface area contributed by atoms with E-state index in [1.54, 1.807) is 0 Å². The van der Waals surface area contributed by atoms with E-state index in [0.29, 0.717) is 18.3 Å². The van der Waals surface area contributed by atoms with Crippen LogP contribution >= 0.6 is 12.2 Å². The molecule has 0 spiro atoms. The van der Waals surface area contributed by atoms with Gasteiger partial charge in [0.1, 0.15) is 18.2 Å². The lowest BCUT2D eigenvalue weighted by atomic mass is 10.2. The molecular formula is C16H19N3OS. The van der Waals surface area contributed by atoms with E-state index in [1.807, 2.05) is 49.4 Å². The van der Waals surface area contributed by atoms with Crippen LogP contribution in [0.1, 0.15) is 11.3 Å². The maximum atomic E-state index is 5.62. The van der Waals surface area contributed by atoms with E-state index >= 15 is 0 Å². The number of nitrogens with zero attached hydrogens (tertiary/aromatic N) is 1. The van der Waals surface area contributed by atoms with Crippen LogP contribution in [0.5, 0.6) is 5.75 Å². The Morgan fingerprint density at radius 1 is 1.14 bits per heavy atom. The van der Waals surface area contributed by atoms with Gasteiger partial charge in [-0.15, -0.1) is 0 Å². The van der Waals surface area contributed by atoms with Crippen molar-refractivity contribution in [3.05, 3.63) is 53.7 Å². The second kappa shape index (κ2) is 7.59. The number of thiocarbonyl (C=S) groups is 1. The van der Waals surface area contributed by atoms with E-state index in [4.69, 9.17) is 17.0 Å². The number of rotatable bonds is 5. The second-order valence-electron chi connectivity index (χ2n) is 4.71. The van der Waals surface area contributed by atoms with Crippen molar-refractivity contribution in [2.75, 3.05) is 18.5 Å². The van der Waals surface area contributed by atoms with Crippen molar-refractivity contribution >= 4 is 23.1 Å². The summed E-state index contributed by atoms with van der Waals surface area (Å²) < 4.78 is 5.62. The molecule has 110 valence electrons. The molecule has 0 bridgehead atoms. The van der Waals surface area contributed by atoms with Gasteiger partial charge in [-0.1, -0.05) is 23.8 Å². The molecule has 0 amide bonds. The minimum Gasteiger partial charge on any atom is -0.492 e. The van der Waals surface area contributed by atoms with Crippen LogP contribution < -0.4 is 15.4 Å². The van der Waals surface area contributed by atoms with E-state index in [-0.39, 0.29) is 0 Å². The number of benzene rings is 1. The standard InChI is InChI=1S/C16H19N3OS/c1-12-6-8-14(9-7-12)20-11-10-17-16(21)19-15-5-3-4-13(2)18-15/h3-9H,10-11H2,1-2H3,(H2,17,18,19,21). The molecule has 4 nitrogen and oxygen atoms in total. The number of anilines is 1. The van der Waals surface area contributed by atoms with Crippen LogP contribution in [0.25, 0.3) is 0 Å². The first kappa shape index (κ1) is 15.3. The maximum Gasteiger partial charge on any atom is 0.172 e. The minimum atomic E-state index is 0.542. The average Bonchev–Trinajstić information content (AvgIpc) is 2.45. The van der Waals surface area contributed by atoms with Crippen LogP contribution in [0.4, 0.5) is 5.82 Å². The van der Waals surface area contributed by atoms with Crippen molar-refractivity contribution in [2.24, 2.45) is 0 Å². The van der Waals surface area contributed by atoms with Crippen LogP contribution in [0.2, 0.25) is 0 Å². The quantitative estimate of drug-likeness (QED) is 0.656. The predicted molar refractivity (Wildman–Crippen MR) is 89.9 cm³/mol. The number of ether oxygens (including phenoxy) is 1. The van der Waals surface area contributed by atoms with Crippen molar-refractivity contribution in [1.29, 1.82) is 0 Å². The van der Waals surface area contributed by atoms with E-state index in [2.05, 4.69) is 22.5 Å². The van der Waals surface area contributed by atoms with E-state index < -0.39 is 0 Å².